The first-order valence-corrected chi connectivity index (χ1v) is 6.17. The van der Waals surface area contributed by atoms with Crippen LogP contribution in [0.3, 0.4) is 0 Å². The SMILES string of the molecule is O=C(O)C(=O)Nc1cnn(-c2ccccc2)c(=O)c1Br. The van der Waals surface area contributed by atoms with Gasteiger partial charge in [-0.25, -0.2) is 4.79 Å². The number of halogens is 1. The van der Waals surface area contributed by atoms with Gasteiger partial charge in [0.2, 0.25) is 0 Å². The van der Waals surface area contributed by atoms with Crippen molar-refractivity contribution in [1.82, 2.24) is 9.78 Å². The Morgan fingerprint density at radius 3 is 2.50 bits per heavy atom. The number of rotatable bonds is 2. The van der Waals surface area contributed by atoms with E-state index in [-0.39, 0.29) is 10.2 Å². The lowest BCUT2D eigenvalue weighted by Crippen LogP contribution is -2.27. The van der Waals surface area contributed by atoms with Gasteiger partial charge in [0.25, 0.3) is 5.56 Å². The van der Waals surface area contributed by atoms with E-state index in [4.69, 9.17) is 5.11 Å². The van der Waals surface area contributed by atoms with E-state index in [0.717, 1.165) is 4.68 Å². The highest BCUT2D eigenvalue weighted by Crippen LogP contribution is 2.17. The first-order chi connectivity index (χ1) is 9.50. The van der Waals surface area contributed by atoms with E-state index in [2.05, 4.69) is 26.3 Å². The number of carboxylic acid groups (broad SMARTS) is 1. The molecule has 1 heterocycles. The van der Waals surface area contributed by atoms with Crippen LogP contribution in [-0.2, 0) is 9.59 Å². The Hall–Kier alpha value is -2.48. The molecule has 1 aromatic heterocycles. The zero-order valence-corrected chi connectivity index (χ0v) is 11.5. The van der Waals surface area contributed by atoms with Gasteiger partial charge in [0.05, 0.1) is 17.6 Å². The van der Waals surface area contributed by atoms with Crippen molar-refractivity contribution in [2.45, 2.75) is 0 Å². The second-order valence-electron chi connectivity index (χ2n) is 3.68. The van der Waals surface area contributed by atoms with E-state index in [1.165, 1.54) is 6.20 Å². The highest BCUT2D eigenvalue weighted by atomic mass is 79.9. The van der Waals surface area contributed by atoms with Gasteiger partial charge in [-0.05, 0) is 28.1 Å². The highest BCUT2D eigenvalue weighted by molar-refractivity contribution is 9.10. The molecule has 0 saturated carbocycles. The van der Waals surface area contributed by atoms with Gasteiger partial charge in [0.1, 0.15) is 4.47 Å². The summed E-state index contributed by atoms with van der Waals surface area (Å²) in [6.07, 6.45) is 1.19. The lowest BCUT2D eigenvalue weighted by atomic mass is 10.3. The molecule has 0 aliphatic rings. The fourth-order valence-electron chi connectivity index (χ4n) is 1.45. The van der Waals surface area contributed by atoms with E-state index in [0.29, 0.717) is 5.69 Å². The van der Waals surface area contributed by atoms with E-state index < -0.39 is 17.4 Å². The van der Waals surface area contributed by atoms with E-state index in [1.54, 1.807) is 30.3 Å². The van der Waals surface area contributed by atoms with Gasteiger partial charge in [-0.1, -0.05) is 18.2 Å². The molecule has 0 aliphatic heterocycles. The summed E-state index contributed by atoms with van der Waals surface area (Å²) in [6, 6.07) is 8.67. The zero-order chi connectivity index (χ0) is 14.7. The van der Waals surface area contributed by atoms with Crippen molar-refractivity contribution in [3.63, 3.8) is 0 Å². The van der Waals surface area contributed by atoms with Crippen LogP contribution in [0.2, 0.25) is 0 Å². The number of amides is 1. The largest absolute Gasteiger partial charge is 0.474 e. The van der Waals surface area contributed by atoms with Crippen LogP contribution in [0.25, 0.3) is 5.69 Å². The van der Waals surface area contributed by atoms with Gasteiger partial charge in [0.15, 0.2) is 0 Å². The van der Waals surface area contributed by atoms with Crippen molar-refractivity contribution >= 4 is 33.5 Å². The van der Waals surface area contributed by atoms with Crippen LogP contribution in [0.5, 0.6) is 0 Å². The maximum absolute atomic E-state index is 12.1. The van der Waals surface area contributed by atoms with Crippen molar-refractivity contribution in [2.75, 3.05) is 5.32 Å². The number of aliphatic carboxylic acids is 1. The predicted molar refractivity (Wildman–Crippen MR) is 73.8 cm³/mol. The van der Waals surface area contributed by atoms with E-state index >= 15 is 0 Å². The van der Waals surface area contributed by atoms with E-state index in [1.807, 2.05) is 0 Å². The summed E-state index contributed by atoms with van der Waals surface area (Å²) in [5.41, 5.74) is 0.0308. The summed E-state index contributed by atoms with van der Waals surface area (Å²) >= 11 is 3.02. The maximum atomic E-state index is 12.1. The van der Waals surface area contributed by atoms with Crippen LogP contribution < -0.4 is 10.9 Å². The molecule has 0 radical (unpaired) electrons. The number of hydrogen-bond donors (Lipinski definition) is 2. The Kier molecular flexibility index (Phi) is 3.94. The molecule has 2 rings (SSSR count). The molecular formula is C12H8BrN3O4. The number of carbonyl (C=O) groups is 2. The summed E-state index contributed by atoms with van der Waals surface area (Å²) in [5.74, 6) is -2.89. The molecule has 8 heteroatoms. The number of para-hydroxylation sites is 1. The fraction of sp³-hybridized carbons (Fsp3) is 0. The van der Waals surface area contributed by atoms with E-state index in [9.17, 15) is 14.4 Å². The van der Waals surface area contributed by atoms with Crippen LogP contribution in [0.15, 0.2) is 45.8 Å². The Labute approximate surface area is 121 Å². The number of nitrogens with one attached hydrogen (secondary N) is 1. The smallest absolute Gasteiger partial charge is 0.394 e. The molecule has 0 atom stereocenters. The predicted octanol–water partition coefficient (Wildman–Crippen LogP) is 1.02. The molecule has 1 amide bonds. The standard InChI is InChI=1S/C12H8BrN3O4/c13-9-8(15-10(17)12(19)20)6-14-16(11(9)18)7-4-2-1-3-5-7/h1-6H,(H,15,17)(H,19,20). The second kappa shape index (κ2) is 5.66. The Morgan fingerprint density at radius 2 is 1.90 bits per heavy atom. The van der Waals surface area contributed by atoms with Gasteiger partial charge in [-0.3, -0.25) is 9.59 Å². The molecule has 7 nitrogen and oxygen atoms in total. The minimum Gasteiger partial charge on any atom is -0.474 e. The lowest BCUT2D eigenvalue weighted by Gasteiger charge is -2.08. The van der Waals surface area contributed by atoms with Crippen LogP contribution >= 0.6 is 15.9 Å². The van der Waals surface area contributed by atoms with Gasteiger partial charge in [0, 0.05) is 0 Å². The van der Waals surface area contributed by atoms with Crippen LogP contribution in [0.4, 0.5) is 5.69 Å². The molecular weight excluding hydrogens is 330 g/mol. The van der Waals surface area contributed by atoms with Crippen molar-refractivity contribution in [1.29, 1.82) is 0 Å². The van der Waals surface area contributed by atoms with Crippen molar-refractivity contribution in [3.05, 3.63) is 51.4 Å². The third kappa shape index (κ3) is 2.75. The van der Waals surface area contributed by atoms with Crippen LogP contribution in [-0.4, -0.2) is 26.8 Å². The monoisotopic (exact) mass is 337 g/mol. The third-order valence-electron chi connectivity index (χ3n) is 2.36. The summed E-state index contributed by atoms with van der Waals surface area (Å²) < 4.78 is 1.14. The molecule has 20 heavy (non-hydrogen) atoms. The number of carboxylic acids is 1. The molecule has 0 saturated heterocycles. The molecule has 2 N–H and O–H groups in total. The third-order valence-corrected chi connectivity index (χ3v) is 3.13. The quantitative estimate of drug-likeness (QED) is 0.796. The first kappa shape index (κ1) is 13.9. The van der Waals surface area contributed by atoms with Gasteiger partial charge in [-0.2, -0.15) is 9.78 Å². The Bertz CT molecular complexity index is 727. The van der Waals surface area contributed by atoms with Crippen molar-refractivity contribution in [2.24, 2.45) is 0 Å². The number of hydrogen-bond acceptors (Lipinski definition) is 4. The first-order valence-electron chi connectivity index (χ1n) is 5.38. The summed E-state index contributed by atoms with van der Waals surface area (Å²) in [6.45, 7) is 0. The van der Waals surface area contributed by atoms with Gasteiger partial charge >= 0.3 is 11.9 Å². The zero-order valence-electron chi connectivity index (χ0n) is 9.91. The topological polar surface area (TPSA) is 101 Å². The molecule has 0 spiro atoms. The molecule has 0 fully saturated rings. The lowest BCUT2D eigenvalue weighted by molar-refractivity contribution is -0.147. The minimum absolute atomic E-state index is 0.00502. The molecule has 2 aromatic rings. The summed E-state index contributed by atoms with van der Waals surface area (Å²) in [4.78, 5) is 33.6. The molecule has 1 aromatic carbocycles. The number of nitrogens with zero attached hydrogens (tertiary/aromatic N) is 2. The Morgan fingerprint density at radius 1 is 1.25 bits per heavy atom. The summed E-state index contributed by atoms with van der Waals surface area (Å²) in [5, 5.41) is 14.5. The summed E-state index contributed by atoms with van der Waals surface area (Å²) in [7, 11) is 0. The fourth-order valence-corrected chi connectivity index (χ4v) is 1.82. The molecule has 0 aliphatic carbocycles. The normalized spacial score (nSPS) is 10.1. The number of benzene rings is 1. The van der Waals surface area contributed by atoms with Gasteiger partial charge < -0.3 is 10.4 Å². The second-order valence-corrected chi connectivity index (χ2v) is 4.48. The van der Waals surface area contributed by atoms with Crippen molar-refractivity contribution < 1.29 is 14.7 Å². The average Bonchev–Trinajstić information content (AvgIpc) is 2.45. The Balaban J connectivity index is 2.43. The molecule has 0 unspecified atom stereocenters. The highest BCUT2D eigenvalue weighted by Gasteiger charge is 2.16. The minimum atomic E-state index is -1.65. The number of carbonyl (C=O) groups excluding carboxylic acids is 1. The van der Waals surface area contributed by atoms with Crippen LogP contribution in [0, 0.1) is 0 Å². The van der Waals surface area contributed by atoms with Gasteiger partial charge in [-0.15, -0.1) is 0 Å². The molecule has 102 valence electrons. The number of anilines is 1. The average molecular weight is 338 g/mol. The number of aromatic nitrogens is 2. The molecule has 0 bridgehead atoms. The van der Waals surface area contributed by atoms with Crippen molar-refractivity contribution in [3.8, 4) is 5.69 Å². The maximum Gasteiger partial charge on any atom is 0.394 e. The van der Waals surface area contributed by atoms with Crippen LogP contribution in [0.1, 0.15) is 0 Å².